The SMILES string of the molecule is CC(C)COC(=O)OC(=O)CC1CCN(C(=O)OC(C)(C)C)CC1CC(C)C. The van der Waals surface area contributed by atoms with Crippen molar-refractivity contribution in [2.75, 3.05) is 19.7 Å². The predicted molar refractivity (Wildman–Crippen MR) is 106 cm³/mol. The minimum absolute atomic E-state index is 0.0616. The third kappa shape index (κ3) is 9.42. The number of amides is 1. The van der Waals surface area contributed by atoms with E-state index in [0.717, 1.165) is 6.42 Å². The van der Waals surface area contributed by atoms with Crippen molar-refractivity contribution in [2.24, 2.45) is 23.7 Å². The normalized spacial score (nSPS) is 20.2. The molecule has 7 heteroatoms. The molecule has 7 nitrogen and oxygen atoms in total. The zero-order chi connectivity index (χ0) is 21.5. The van der Waals surface area contributed by atoms with Crippen molar-refractivity contribution in [1.82, 2.24) is 4.90 Å². The summed E-state index contributed by atoms with van der Waals surface area (Å²) in [6, 6.07) is 0. The van der Waals surface area contributed by atoms with Crippen LogP contribution in [0.25, 0.3) is 0 Å². The van der Waals surface area contributed by atoms with Crippen molar-refractivity contribution in [3.8, 4) is 0 Å². The predicted octanol–water partition coefficient (Wildman–Crippen LogP) is 4.63. The van der Waals surface area contributed by atoms with Gasteiger partial charge in [0.1, 0.15) is 5.60 Å². The van der Waals surface area contributed by atoms with Crippen molar-refractivity contribution in [3.05, 3.63) is 0 Å². The van der Waals surface area contributed by atoms with Crippen LogP contribution in [0.2, 0.25) is 0 Å². The average Bonchev–Trinajstić information content (AvgIpc) is 2.52. The molecule has 2 atom stereocenters. The number of hydrogen-bond acceptors (Lipinski definition) is 6. The first-order valence-corrected chi connectivity index (χ1v) is 10.2. The van der Waals surface area contributed by atoms with Crippen molar-refractivity contribution >= 4 is 18.2 Å². The summed E-state index contributed by atoms with van der Waals surface area (Å²) in [5.74, 6) is 0.249. The van der Waals surface area contributed by atoms with Gasteiger partial charge in [0.25, 0.3) is 0 Å². The van der Waals surface area contributed by atoms with Gasteiger partial charge in [-0.15, -0.1) is 0 Å². The minimum Gasteiger partial charge on any atom is -0.444 e. The Morgan fingerprint density at radius 2 is 1.68 bits per heavy atom. The zero-order valence-electron chi connectivity index (χ0n) is 18.4. The molecule has 0 bridgehead atoms. The first-order valence-electron chi connectivity index (χ1n) is 10.2. The van der Waals surface area contributed by atoms with Crippen LogP contribution in [-0.2, 0) is 19.0 Å². The lowest BCUT2D eigenvalue weighted by molar-refractivity contribution is -0.142. The van der Waals surface area contributed by atoms with E-state index in [1.807, 2.05) is 34.6 Å². The molecule has 1 aliphatic heterocycles. The molecule has 0 N–H and O–H groups in total. The Bertz CT molecular complexity index is 538. The Kier molecular flexibility index (Phi) is 9.24. The van der Waals surface area contributed by atoms with Gasteiger partial charge in [0.2, 0.25) is 0 Å². The Hall–Kier alpha value is -1.79. The number of carbonyl (C=O) groups is 3. The summed E-state index contributed by atoms with van der Waals surface area (Å²) >= 11 is 0. The number of ether oxygens (including phenoxy) is 3. The van der Waals surface area contributed by atoms with Gasteiger partial charge in [0.05, 0.1) is 6.61 Å². The molecule has 0 saturated carbocycles. The fraction of sp³-hybridized carbons (Fsp3) is 0.857. The first kappa shape index (κ1) is 24.2. The molecule has 1 amide bonds. The van der Waals surface area contributed by atoms with Gasteiger partial charge in [-0.3, -0.25) is 4.79 Å². The number of piperidine rings is 1. The van der Waals surface area contributed by atoms with Gasteiger partial charge >= 0.3 is 18.2 Å². The van der Waals surface area contributed by atoms with Gasteiger partial charge in [0.15, 0.2) is 0 Å². The second kappa shape index (κ2) is 10.7. The fourth-order valence-electron chi connectivity index (χ4n) is 3.33. The average molecular weight is 400 g/mol. The smallest absolute Gasteiger partial charge is 0.444 e. The number of esters is 1. The molecule has 1 heterocycles. The molecule has 2 unspecified atom stereocenters. The molecule has 28 heavy (non-hydrogen) atoms. The topological polar surface area (TPSA) is 82.1 Å². The van der Waals surface area contributed by atoms with Crippen LogP contribution in [0.3, 0.4) is 0 Å². The van der Waals surface area contributed by atoms with Crippen LogP contribution < -0.4 is 0 Å². The Morgan fingerprint density at radius 1 is 1.04 bits per heavy atom. The summed E-state index contributed by atoms with van der Waals surface area (Å²) in [4.78, 5) is 37.9. The third-order valence-electron chi connectivity index (χ3n) is 4.48. The Labute approximate surface area is 169 Å². The summed E-state index contributed by atoms with van der Waals surface area (Å²) in [7, 11) is 0. The number of nitrogens with zero attached hydrogens (tertiary/aromatic N) is 1. The Morgan fingerprint density at radius 3 is 2.21 bits per heavy atom. The highest BCUT2D eigenvalue weighted by Gasteiger charge is 2.35. The number of likely N-dealkylation sites (tertiary alicyclic amines) is 1. The molecular formula is C21H37NO6. The molecule has 1 rings (SSSR count). The monoisotopic (exact) mass is 399 g/mol. The van der Waals surface area contributed by atoms with E-state index in [-0.39, 0.29) is 36.9 Å². The fourth-order valence-corrected chi connectivity index (χ4v) is 3.33. The van der Waals surface area contributed by atoms with E-state index < -0.39 is 17.7 Å². The van der Waals surface area contributed by atoms with Crippen LogP contribution in [0.15, 0.2) is 0 Å². The quantitative estimate of drug-likeness (QED) is 0.478. The summed E-state index contributed by atoms with van der Waals surface area (Å²) in [6.45, 7) is 14.9. The largest absolute Gasteiger partial charge is 0.516 e. The van der Waals surface area contributed by atoms with Gasteiger partial charge in [-0.25, -0.2) is 9.59 Å². The van der Waals surface area contributed by atoms with E-state index in [0.29, 0.717) is 25.4 Å². The van der Waals surface area contributed by atoms with Crippen molar-refractivity contribution < 1.29 is 28.6 Å². The molecule has 0 aromatic heterocycles. The molecule has 0 radical (unpaired) electrons. The maximum absolute atomic E-state index is 12.4. The summed E-state index contributed by atoms with van der Waals surface area (Å²) < 4.78 is 15.2. The van der Waals surface area contributed by atoms with Crippen LogP contribution in [0.1, 0.15) is 67.7 Å². The summed E-state index contributed by atoms with van der Waals surface area (Å²) in [5.41, 5.74) is -0.540. The molecular weight excluding hydrogens is 362 g/mol. The summed E-state index contributed by atoms with van der Waals surface area (Å²) in [5, 5.41) is 0. The second-order valence-corrected chi connectivity index (χ2v) is 9.50. The van der Waals surface area contributed by atoms with E-state index in [9.17, 15) is 14.4 Å². The van der Waals surface area contributed by atoms with E-state index >= 15 is 0 Å². The zero-order valence-corrected chi connectivity index (χ0v) is 18.4. The second-order valence-electron chi connectivity index (χ2n) is 9.50. The van der Waals surface area contributed by atoms with Crippen molar-refractivity contribution in [2.45, 2.75) is 73.3 Å². The first-order chi connectivity index (χ1) is 12.9. The van der Waals surface area contributed by atoms with Crippen molar-refractivity contribution in [3.63, 3.8) is 0 Å². The van der Waals surface area contributed by atoms with Gasteiger partial charge in [0, 0.05) is 19.5 Å². The molecule has 0 aromatic rings. The molecule has 1 fully saturated rings. The lowest BCUT2D eigenvalue weighted by atomic mass is 9.79. The number of rotatable bonds is 6. The molecule has 0 aromatic carbocycles. The maximum atomic E-state index is 12.4. The molecule has 0 aliphatic carbocycles. The minimum atomic E-state index is -0.940. The van der Waals surface area contributed by atoms with Crippen LogP contribution in [-0.4, -0.2) is 48.4 Å². The van der Waals surface area contributed by atoms with Gasteiger partial charge in [-0.1, -0.05) is 27.7 Å². The van der Waals surface area contributed by atoms with Gasteiger partial charge in [-0.05, 0) is 57.3 Å². The van der Waals surface area contributed by atoms with Crippen molar-refractivity contribution in [1.29, 1.82) is 0 Å². The van der Waals surface area contributed by atoms with Crippen LogP contribution in [0.4, 0.5) is 9.59 Å². The standard InChI is InChI=1S/C21H37NO6/c1-14(2)10-17-12-22(19(24)28-21(5,6)7)9-8-16(17)11-18(23)27-20(25)26-13-15(3)4/h14-17H,8-13H2,1-7H3. The number of carbonyl (C=O) groups excluding carboxylic acids is 3. The van der Waals surface area contributed by atoms with Crippen LogP contribution >= 0.6 is 0 Å². The molecule has 1 saturated heterocycles. The third-order valence-corrected chi connectivity index (χ3v) is 4.48. The van der Waals surface area contributed by atoms with Gasteiger partial charge in [-0.2, -0.15) is 0 Å². The highest BCUT2D eigenvalue weighted by molar-refractivity contribution is 5.82. The lowest BCUT2D eigenvalue weighted by Crippen LogP contribution is -2.46. The van der Waals surface area contributed by atoms with E-state index in [2.05, 4.69) is 13.8 Å². The Balaban J connectivity index is 2.64. The summed E-state index contributed by atoms with van der Waals surface area (Å²) in [6.07, 6.45) is 0.447. The highest BCUT2D eigenvalue weighted by Crippen LogP contribution is 2.32. The molecule has 0 spiro atoms. The molecule has 1 aliphatic rings. The van der Waals surface area contributed by atoms with E-state index in [1.165, 1.54) is 0 Å². The maximum Gasteiger partial charge on any atom is 0.516 e. The van der Waals surface area contributed by atoms with Crippen LogP contribution in [0, 0.1) is 23.7 Å². The van der Waals surface area contributed by atoms with Gasteiger partial charge < -0.3 is 19.1 Å². The lowest BCUT2D eigenvalue weighted by Gasteiger charge is -2.39. The molecule has 162 valence electrons. The van der Waals surface area contributed by atoms with E-state index in [1.54, 1.807) is 4.90 Å². The van der Waals surface area contributed by atoms with E-state index in [4.69, 9.17) is 14.2 Å². The van der Waals surface area contributed by atoms with Crippen LogP contribution in [0.5, 0.6) is 0 Å². The number of hydrogen-bond donors (Lipinski definition) is 0. The highest BCUT2D eigenvalue weighted by atomic mass is 16.7.